The van der Waals surface area contributed by atoms with Crippen molar-refractivity contribution in [2.45, 2.75) is 0 Å². The topological polar surface area (TPSA) is 48.7 Å². The lowest BCUT2D eigenvalue weighted by Gasteiger charge is -2.34. The second-order valence-electron chi connectivity index (χ2n) is 6.93. The monoisotopic (exact) mass is 395 g/mol. The largest absolute Gasteiger partial charge is 0.451 e. The van der Waals surface area contributed by atoms with Crippen molar-refractivity contribution in [2.75, 3.05) is 43.4 Å². The van der Waals surface area contributed by atoms with Gasteiger partial charge < -0.3 is 19.5 Å². The van der Waals surface area contributed by atoms with Gasteiger partial charge in [0.1, 0.15) is 5.76 Å². The van der Waals surface area contributed by atoms with Crippen LogP contribution in [0.25, 0.3) is 11.3 Å². The minimum Gasteiger partial charge on any atom is -0.451 e. The van der Waals surface area contributed by atoms with Gasteiger partial charge in [0, 0.05) is 48.1 Å². The number of hydrogen-bond acceptors (Lipinski definition) is 4. The summed E-state index contributed by atoms with van der Waals surface area (Å²) in [6, 6.07) is 18.7. The number of halogens is 1. The number of benzene rings is 2. The van der Waals surface area contributed by atoms with Crippen LogP contribution in [0.3, 0.4) is 0 Å². The van der Waals surface area contributed by atoms with E-state index in [2.05, 4.69) is 28.2 Å². The van der Waals surface area contributed by atoms with E-state index in [0.29, 0.717) is 16.5 Å². The van der Waals surface area contributed by atoms with Gasteiger partial charge in [-0.05, 0) is 55.6 Å². The van der Waals surface area contributed by atoms with Gasteiger partial charge in [-0.1, -0.05) is 23.7 Å². The molecular weight excluding hydrogens is 374 g/mol. The maximum absolute atomic E-state index is 12.5. The van der Waals surface area contributed by atoms with Gasteiger partial charge in [0.2, 0.25) is 0 Å². The molecule has 3 aromatic rings. The van der Waals surface area contributed by atoms with Gasteiger partial charge in [-0.2, -0.15) is 0 Å². The van der Waals surface area contributed by atoms with Gasteiger partial charge in [0.15, 0.2) is 5.76 Å². The lowest BCUT2D eigenvalue weighted by molar-refractivity contribution is 0.0997. The molecule has 6 heteroatoms. The molecule has 1 N–H and O–H groups in total. The van der Waals surface area contributed by atoms with Crippen LogP contribution in [0.5, 0.6) is 0 Å². The summed E-state index contributed by atoms with van der Waals surface area (Å²) in [5.74, 6) is 0.680. The van der Waals surface area contributed by atoms with Crippen molar-refractivity contribution in [3.8, 4) is 11.3 Å². The van der Waals surface area contributed by atoms with Crippen LogP contribution in [0.15, 0.2) is 65.1 Å². The Kier molecular flexibility index (Phi) is 5.37. The molecule has 28 heavy (non-hydrogen) atoms. The second kappa shape index (κ2) is 8.09. The highest BCUT2D eigenvalue weighted by Gasteiger charge is 2.20. The molecular formula is C22H22ClN3O2. The minimum atomic E-state index is -0.286. The van der Waals surface area contributed by atoms with E-state index in [1.165, 1.54) is 0 Å². The average Bonchev–Trinajstić information content (AvgIpc) is 3.21. The number of nitrogens with zero attached hydrogens (tertiary/aromatic N) is 2. The summed E-state index contributed by atoms with van der Waals surface area (Å²) in [6.07, 6.45) is 0. The molecule has 1 aliphatic heterocycles. The Morgan fingerprint density at radius 2 is 1.68 bits per heavy atom. The van der Waals surface area contributed by atoms with E-state index in [-0.39, 0.29) is 11.7 Å². The highest BCUT2D eigenvalue weighted by Crippen LogP contribution is 2.32. The third-order valence-electron chi connectivity index (χ3n) is 4.95. The van der Waals surface area contributed by atoms with E-state index in [9.17, 15) is 4.79 Å². The van der Waals surface area contributed by atoms with Gasteiger partial charge in [-0.15, -0.1) is 0 Å². The average molecular weight is 396 g/mol. The maximum atomic E-state index is 12.5. The first-order valence-electron chi connectivity index (χ1n) is 9.30. The van der Waals surface area contributed by atoms with Crippen molar-refractivity contribution in [1.82, 2.24) is 4.90 Å². The summed E-state index contributed by atoms with van der Waals surface area (Å²) in [7, 11) is 2.14. The van der Waals surface area contributed by atoms with E-state index in [4.69, 9.17) is 16.0 Å². The van der Waals surface area contributed by atoms with Crippen molar-refractivity contribution in [1.29, 1.82) is 0 Å². The van der Waals surface area contributed by atoms with Crippen molar-refractivity contribution in [2.24, 2.45) is 0 Å². The molecule has 1 saturated heterocycles. The van der Waals surface area contributed by atoms with Crippen LogP contribution in [0.2, 0.25) is 5.02 Å². The lowest BCUT2D eigenvalue weighted by Crippen LogP contribution is -2.44. The van der Waals surface area contributed by atoms with Crippen LogP contribution in [-0.2, 0) is 0 Å². The summed E-state index contributed by atoms with van der Waals surface area (Å²) in [5, 5.41) is 3.45. The van der Waals surface area contributed by atoms with Gasteiger partial charge in [0.05, 0.1) is 0 Å². The Labute approximate surface area is 169 Å². The number of hydrogen-bond donors (Lipinski definition) is 1. The maximum Gasteiger partial charge on any atom is 0.291 e. The molecule has 0 spiro atoms. The van der Waals surface area contributed by atoms with Gasteiger partial charge in [0.25, 0.3) is 5.91 Å². The molecule has 4 rings (SSSR count). The first-order chi connectivity index (χ1) is 13.6. The zero-order chi connectivity index (χ0) is 19.5. The van der Waals surface area contributed by atoms with Crippen LogP contribution in [-0.4, -0.2) is 44.0 Å². The van der Waals surface area contributed by atoms with Crippen LogP contribution in [0.4, 0.5) is 11.4 Å². The second-order valence-corrected chi connectivity index (χ2v) is 7.37. The molecule has 0 bridgehead atoms. The van der Waals surface area contributed by atoms with Gasteiger partial charge in [-0.25, -0.2) is 0 Å². The molecule has 2 heterocycles. The normalized spacial score (nSPS) is 14.9. The number of amides is 1. The van der Waals surface area contributed by atoms with Gasteiger partial charge >= 0.3 is 0 Å². The van der Waals surface area contributed by atoms with Crippen molar-refractivity contribution in [3.05, 3.63) is 71.4 Å². The minimum absolute atomic E-state index is 0.276. The molecule has 0 saturated carbocycles. The summed E-state index contributed by atoms with van der Waals surface area (Å²) in [5.41, 5.74) is 2.80. The Morgan fingerprint density at radius 1 is 0.964 bits per heavy atom. The highest BCUT2D eigenvalue weighted by atomic mass is 35.5. The highest BCUT2D eigenvalue weighted by molar-refractivity contribution is 6.30. The number of piperazine rings is 1. The van der Waals surface area contributed by atoms with Crippen molar-refractivity contribution in [3.63, 3.8) is 0 Å². The molecule has 144 valence electrons. The molecule has 1 fully saturated rings. The number of likely N-dealkylation sites (N-methyl/N-ethyl adjacent to an activating group) is 1. The predicted molar refractivity (Wildman–Crippen MR) is 113 cm³/mol. The Bertz CT molecular complexity index is 960. The molecule has 2 aromatic carbocycles. The van der Waals surface area contributed by atoms with Crippen molar-refractivity contribution < 1.29 is 9.21 Å². The molecule has 5 nitrogen and oxygen atoms in total. The molecule has 1 aliphatic rings. The number of carbonyl (C=O) groups excluding carboxylic acids is 1. The number of nitrogens with one attached hydrogen (secondary N) is 1. The number of para-hydroxylation sites is 1. The Balaban J connectivity index is 1.54. The number of carbonyl (C=O) groups is 1. The third kappa shape index (κ3) is 4.06. The van der Waals surface area contributed by atoms with Gasteiger partial charge in [-0.3, -0.25) is 4.79 Å². The summed E-state index contributed by atoms with van der Waals surface area (Å²) in [4.78, 5) is 17.2. The number of rotatable bonds is 4. The predicted octanol–water partition coefficient (Wildman–Crippen LogP) is 4.60. The first kappa shape index (κ1) is 18.6. The quantitative estimate of drug-likeness (QED) is 0.701. The molecule has 0 atom stereocenters. The lowest BCUT2D eigenvalue weighted by atomic mass is 10.1. The first-order valence-corrected chi connectivity index (χ1v) is 9.67. The van der Waals surface area contributed by atoms with Crippen LogP contribution in [0, 0.1) is 0 Å². The summed E-state index contributed by atoms with van der Waals surface area (Å²) < 4.78 is 5.90. The third-order valence-corrected chi connectivity index (χ3v) is 5.20. The van der Waals surface area contributed by atoms with E-state index < -0.39 is 0 Å². The van der Waals surface area contributed by atoms with E-state index in [1.54, 1.807) is 30.3 Å². The molecule has 1 aromatic heterocycles. The fraction of sp³-hybridized carbons (Fsp3) is 0.227. The SMILES string of the molecule is CN1CCN(c2ccccc2-c2ccc(C(=O)Nc3ccc(Cl)cc3)o2)CC1. The summed E-state index contributed by atoms with van der Waals surface area (Å²) >= 11 is 5.89. The van der Waals surface area contributed by atoms with E-state index in [0.717, 1.165) is 37.4 Å². The number of anilines is 2. The zero-order valence-corrected chi connectivity index (χ0v) is 16.4. The number of furan rings is 1. The van der Waals surface area contributed by atoms with E-state index >= 15 is 0 Å². The van der Waals surface area contributed by atoms with Crippen LogP contribution >= 0.6 is 11.6 Å². The van der Waals surface area contributed by atoms with Crippen LogP contribution < -0.4 is 10.2 Å². The fourth-order valence-electron chi connectivity index (χ4n) is 3.34. The Morgan fingerprint density at radius 3 is 2.43 bits per heavy atom. The van der Waals surface area contributed by atoms with Crippen molar-refractivity contribution >= 4 is 28.9 Å². The van der Waals surface area contributed by atoms with E-state index in [1.807, 2.05) is 24.3 Å². The molecule has 1 amide bonds. The van der Waals surface area contributed by atoms with Crippen LogP contribution in [0.1, 0.15) is 10.6 Å². The standard InChI is InChI=1S/C22H22ClN3O2/c1-25-12-14-26(15-13-25)19-5-3-2-4-18(19)20-10-11-21(28-20)22(27)24-17-8-6-16(23)7-9-17/h2-11H,12-15H2,1H3,(H,24,27). The molecule has 0 aliphatic carbocycles. The summed E-state index contributed by atoms with van der Waals surface area (Å²) in [6.45, 7) is 4.00. The fourth-order valence-corrected chi connectivity index (χ4v) is 3.46. The smallest absolute Gasteiger partial charge is 0.291 e. The Hall–Kier alpha value is -2.76. The molecule has 0 radical (unpaired) electrons. The zero-order valence-electron chi connectivity index (χ0n) is 15.7. The molecule has 0 unspecified atom stereocenters.